The Labute approximate surface area is 114 Å². The Balaban J connectivity index is 2.16. The van der Waals surface area contributed by atoms with Gasteiger partial charge < -0.3 is 0 Å². The molecule has 2 unspecified atom stereocenters. The van der Waals surface area contributed by atoms with E-state index in [-0.39, 0.29) is 0 Å². The Hall–Kier alpha value is 0. The van der Waals surface area contributed by atoms with Crippen LogP contribution >= 0.6 is 0 Å². The van der Waals surface area contributed by atoms with Crippen LogP contribution in [0, 0.1) is 39.4 Å². The summed E-state index contributed by atoms with van der Waals surface area (Å²) in [4.78, 5) is 0. The summed E-state index contributed by atoms with van der Waals surface area (Å²) >= 11 is 0. The zero-order chi connectivity index (χ0) is 13.6. The lowest BCUT2D eigenvalue weighted by molar-refractivity contribution is 0.0685. The Bertz CT molecular complexity index is 377. The van der Waals surface area contributed by atoms with Gasteiger partial charge in [0.25, 0.3) is 0 Å². The summed E-state index contributed by atoms with van der Waals surface area (Å²) in [6.45, 7) is 17.7. The van der Waals surface area contributed by atoms with E-state index in [1.165, 1.54) is 25.7 Å². The van der Waals surface area contributed by atoms with Crippen molar-refractivity contribution in [2.45, 2.75) is 74.1 Å². The van der Waals surface area contributed by atoms with Crippen LogP contribution < -0.4 is 0 Å². The largest absolute Gasteiger partial charge is 0.0625 e. The molecule has 0 radical (unpaired) electrons. The number of rotatable bonds is 2. The Morgan fingerprint density at radius 2 is 1.56 bits per heavy atom. The second kappa shape index (κ2) is 3.18. The molecule has 0 aromatic carbocycles. The zero-order valence-electron chi connectivity index (χ0n) is 13.6. The van der Waals surface area contributed by atoms with Crippen LogP contribution in [0.4, 0.5) is 0 Å². The first-order chi connectivity index (χ1) is 8.17. The van der Waals surface area contributed by atoms with Crippen molar-refractivity contribution >= 4 is 0 Å². The fourth-order valence-electron chi connectivity index (χ4n) is 7.61. The first-order valence-electron chi connectivity index (χ1n) is 8.17. The van der Waals surface area contributed by atoms with Crippen molar-refractivity contribution in [3.63, 3.8) is 0 Å². The molecule has 0 aromatic heterocycles. The molecule has 0 nitrogen and oxygen atoms in total. The highest BCUT2D eigenvalue weighted by molar-refractivity contribution is 5.37. The average Bonchev–Trinajstić information content (AvgIpc) is 2.53. The minimum atomic E-state index is 0.548. The third-order valence-electron chi connectivity index (χ3n) is 8.01. The highest BCUT2D eigenvalue weighted by Crippen LogP contribution is 2.95. The van der Waals surface area contributed by atoms with Gasteiger partial charge in [0, 0.05) is 0 Å². The molecule has 3 rings (SSSR count). The van der Waals surface area contributed by atoms with Gasteiger partial charge in [0.2, 0.25) is 0 Å². The number of hydrogen-bond donors (Lipinski definition) is 0. The molecule has 4 atom stereocenters. The van der Waals surface area contributed by atoms with Crippen molar-refractivity contribution in [3.05, 3.63) is 0 Å². The highest BCUT2D eigenvalue weighted by Gasteiger charge is 2.89. The predicted octanol–water partition coefficient (Wildman–Crippen LogP) is 5.52. The molecule has 0 amide bonds. The fourth-order valence-corrected chi connectivity index (χ4v) is 7.61. The van der Waals surface area contributed by atoms with Crippen LogP contribution in [0.25, 0.3) is 0 Å². The molecule has 3 aliphatic rings. The quantitative estimate of drug-likeness (QED) is 0.603. The van der Waals surface area contributed by atoms with Gasteiger partial charge in [-0.25, -0.2) is 0 Å². The van der Waals surface area contributed by atoms with E-state index in [1.807, 2.05) is 0 Å². The van der Waals surface area contributed by atoms with E-state index in [0.717, 1.165) is 17.8 Å². The van der Waals surface area contributed by atoms with E-state index >= 15 is 0 Å². The van der Waals surface area contributed by atoms with Gasteiger partial charge in [0.1, 0.15) is 0 Å². The first kappa shape index (κ1) is 13.0. The van der Waals surface area contributed by atoms with Gasteiger partial charge in [-0.2, -0.15) is 0 Å². The minimum absolute atomic E-state index is 0.548. The topological polar surface area (TPSA) is 0 Å². The summed E-state index contributed by atoms with van der Waals surface area (Å²) in [6.07, 6.45) is 6.01. The van der Waals surface area contributed by atoms with Crippen LogP contribution in [0.1, 0.15) is 74.1 Å². The lowest BCUT2D eigenvalue weighted by Gasteiger charge is -2.42. The average molecular weight is 248 g/mol. The molecule has 0 N–H and O–H groups in total. The van der Waals surface area contributed by atoms with Gasteiger partial charge >= 0.3 is 0 Å². The van der Waals surface area contributed by atoms with Crippen LogP contribution in [-0.2, 0) is 0 Å². The molecule has 18 heavy (non-hydrogen) atoms. The second-order valence-electron chi connectivity index (χ2n) is 9.12. The molecule has 0 heterocycles. The molecular formula is C18H32. The maximum atomic E-state index is 2.65. The zero-order valence-corrected chi connectivity index (χ0v) is 13.6. The molecule has 3 saturated carbocycles. The lowest BCUT2D eigenvalue weighted by Crippen LogP contribution is -2.34. The van der Waals surface area contributed by atoms with Crippen LogP contribution in [0.3, 0.4) is 0 Å². The van der Waals surface area contributed by atoms with Crippen LogP contribution in [0.5, 0.6) is 0 Å². The summed E-state index contributed by atoms with van der Waals surface area (Å²) in [5.41, 5.74) is 2.54. The first-order valence-corrected chi connectivity index (χ1v) is 8.17. The second-order valence-corrected chi connectivity index (χ2v) is 9.12. The molecular weight excluding hydrogens is 216 g/mol. The van der Waals surface area contributed by atoms with Gasteiger partial charge in [-0.3, -0.25) is 0 Å². The van der Waals surface area contributed by atoms with Gasteiger partial charge in [0.15, 0.2) is 0 Å². The van der Waals surface area contributed by atoms with Crippen LogP contribution in [-0.4, -0.2) is 0 Å². The standard InChI is InChI=1S/C18H32/c1-12(2)14-16(7)15(5,6)11-17(13(3)4)9-8-10-18(14,16)17/h12-14H,8-11H2,1-7H3/t14-,16+,17?,18?/m0/s1. The van der Waals surface area contributed by atoms with Gasteiger partial charge in [-0.1, -0.05) is 54.9 Å². The van der Waals surface area contributed by atoms with E-state index in [0.29, 0.717) is 21.7 Å². The summed E-state index contributed by atoms with van der Waals surface area (Å²) in [6, 6.07) is 0. The predicted molar refractivity (Wildman–Crippen MR) is 78.4 cm³/mol. The van der Waals surface area contributed by atoms with E-state index in [4.69, 9.17) is 0 Å². The minimum Gasteiger partial charge on any atom is -0.0625 e. The monoisotopic (exact) mass is 248 g/mol. The van der Waals surface area contributed by atoms with E-state index in [9.17, 15) is 0 Å². The molecule has 0 bridgehead atoms. The molecule has 3 aliphatic carbocycles. The molecule has 0 saturated heterocycles. The fraction of sp³-hybridized carbons (Fsp3) is 1.00. The summed E-state index contributed by atoms with van der Waals surface area (Å²) in [7, 11) is 0. The highest BCUT2D eigenvalue weighted by atomic mass is 14.9. The molecule has 0 aliphatic heterocycles. The summed E-state index contributed by atoms with van der Waals surface area (Å²) in [5.74, 6) is 2.72. The third-order valence-corrected chi connectivity index (χ3v) is 8.01. The van der Waals surface area contributed by atoms with Crippen molar-refractivity contribution in [1.82, 2.24) is 0 Å². The maximum absolute atomic E-state index is 2.65. The molecule has 0 aromatic rings. The number of hydrogen-bond acceptors (Lipinski definition) is 0. The van der Waals surface area contributed by atoms with Crippen molar-refractivity contribution in [2.75, 3.05) is 0 Å². The van der Waals surface area contributed by atoms with Gasteiger partial charge in [-0.05, 0) is 58.7 Å². The SMILES string of the molecule is CC(C)[C@@H]1C23CCCC2(C(C)C)CC(C)(C)[C@@]13C. The molecule has 1 spiro atoms. The molecule has 0 heteroatoms. The maximum Gasteiger partial charge on any atom is -0.0140 e. The molecule has 3 fully saturated rings. The van der Waals surface area contributed by atoms with Crippen molar-refractivity contribution in [1.29, 1.82) is 0 Å². The molecule has 104 valence electrons. The normalized spacial score (nSPS) is 52.8. The van der Waals surface area contributed by atoms with Crippen molar-refractivity contribution in [3.8, 4) is 0 Å². The lowest BCUT2D eigenvalue weighted by atomic mass is 9.63. The van der Waals surface area contributed by atoms with E-state index < -0.39 is 0 Å². The van der Waals surface area contributed by atoms with Crippen LogP contribution in [0.15, 0.2) is 0 Å². The van der Waals surface area contributed by atoms with Crippen LogP contribution in [0.2, 0.25) is 0 Å². The van der Waals surface area contributed by atoms with E-state index in [2.05, 4.69) is 48.5 Å². The summed E-state index contributed by atoms with van der Waals surface area (Å²) in [5, 5.41) is 0. The van der Waals surface area contributed by atoms with Gasteiger partial charge in [-0.15, -0.1) is 0 Å². The third kappa shape index (κ3) is 0.967. The Morgan fingerprint density at radius 1 is 0.944 bits per heavy atom. The van der Waals surface area contributed by atoms with Gasteiger partial charge in [0.05, 0.1) is 0 Å². The Morgan fingerprint density at radius 3 is 2.00 bits per heavy atom. The smallest absolute Gasteiger partial charge is 0.0140 e. The van der Waals surface area contributed by atoms with Crippen molar-refractivity contribution in [2.24, 2.45) is 39.4 Å². The summed E-state index contributed by atoms with van der Waals surface area (Å²) < 4.78 is 0. The van der Waals surface area contributed by atoms with Crippen molar-refractivity contribution < 1.29 is 0 Å². The Kier molecular flexibility index (Phi) is 2.30. The van der Waals surface area contributed by atoms with E-state index in [1.54, 1.807) is 0 Å².